The molecular weight excluding hydrogens is 759 g/mol. The molecule has 0 spiro atoms. The highest BCUT2D eigenvalue weighted by atomic mass is 16.6. The van der Waals surface area contributed by atoms with Crippen LogP contribution < -0.4 is 0 Å². The maximum atomic E-state index is 15.4. The molecule has 1 heterocycles. The van der Waals surface area contributed by atoms with Gasteiger partial charge in [-0.1, -0.05) is 68.4 Å². The van der Waals surface area contributed by atoms with E-state index in [1.54, 1.807) is 64.0 Å². The maximum Gasteiger partial charge on any atom is 0.338 e. The minimum atomic E-state index is -2.24. The molecule has 0 aromatic heterocycles. The summed E-state index contributed by atoms with van der Waals surface area (Å²) in [4.78, 5) is 71.3. The fraction of sp³-hybridized carbons (Fsp3) is 0.457. The zero-order valence-corrected chi connectivity index (χ0v) is 34.3. The molecule has 2 N–H and O–H groups in total. The molecule has 312 valence electrons. The minimum absolute atomic E-state index is 0.0554. The largest absolute Gasteiger partial charge is 0.460 e. The third kappa shape index (κ3) is 7.07. The first kappa shape index (κ1) is 41.9. The van der Waals surface area contributed by atoms with Crippen molar-refractivity contribution in [3.05, 3.63) is 101 Å². The summed E-state index contributed by atoms with van der Waals surface area (Å²) >= 11 is 0. The molecular formula is C46H51NO12. The number of aliphatic hydroxyl groups is 2. The molecule has 0 unspecified atom stereocenters. The van der Waals surface area contributed by atoms with Crippen molar-refractivity contribution in [2.24, 2.45) is 16.7 Å². The Balaban J connectivity index is 1.38. The SMILES string of the molecule is CC(=O)O[C@@]12CO[C@@H]1C[C@H](OC(=O)CN(C)C)[C@@]1(C)C(=O)[C@H](O)C3=C(C)[C@@H](OC(=O)/C=C/c4ccc5ccccc5c4)C[C@@](O)([C@@H](OC(=O)c4ccccc4)[C@H]21)C3(C)C. The summed E-state index contributed by atoms with van der Waals surface area (Å²) in [6.07, 6.45) is -4.76. The Morgan fingerprint density at radius 2 is 1.61 bits per heavy atom. The number of rotatable bonds is 9. The number of ether oxygens (including phenoxy) is 5. The molecule has 4 aliphatic rings. The van der Waals surface area contributed by atoms with Gasteiger partial charge in [-0.3, -0.25) is 19.3 Å². The summed E-state index contributed by atoms with van der Waals surface area (Å²) < 4.78 is 30.7. The van der Waals surface area contributed by atoms with Crippen molar-refractivity contribution < 1.29 is 57.9 Å². The number of aliphatic hydroxyl groups excluding tert-OH is 1. The number of fused-ring (bicyclic) bond motifs is 6. The smallest absolute Gasteiger partial charge is 0.338 e. The van der Waals surface area contributed by atoms with Crippen molar-refractivity contribution in [1.29, 1.82) is 0 Å². The van der Waals surface area contributed by atoms with E-state index in [0.29, 0.717) is 5.57 Å². The van der Waals surface area contributed by atoms with Gasteiger partial charge in [0.15, 0.2) is 11.4 Å². The van der Waals surface area contributed by atoms with Gasteiger partial charge < -0.3 is 33.9 Å². The molecule has 1 saturated heterocycles. The molecule has 0 radical (unpaired) electrons. The Morgan fingerprint density at radius 1 is 0.932 bits per heavy atom. The summed E-state index contributed by atoms with van der Waals surface area (Å²) in [5, 5.41) is 28.0. The number of esters is 4. The van der Waals surface area contributed by atoms with Crippen LogP contribution in [0.4, 0.5) is 0 Å². The van der Waals surface area contributed by atoms with Crippen molar-refractivity contribution in [3.63, 3.8) is 0 Å². The first-order valence-corrected chi connectivity index (χ1v) is 19.8. The van der Waals surface area contributed by atoms with Gasteiger partial charge in [0.25, 0.3) is 0 Å². The number of nitrogens with zero attached hydrogens (tertiary/aromatic N) is 1. The van der Waals surface area contributed by atoms with Crippen LogP contribution in [0.3, 0.4) is 0 Å². The van der Waals surface area contributed by atoms with Crippen molar-refractivity contribution in [2.75, 3.05) is 27.2 Å². The van der Waals surface area contributed by atoms with Crippen LogP contribution in [-0.4, -0.2) is 114 Å². The minimum Gasteiger partial charge on any atom is -0.460 e. The standard InChI is InChI=1S/C46H51NO12/c1-26-32(56-35(49)20-18-28-17-19-29-13-11-12-16-31(29)21-28)23-46(54)41(58-42(53)30-14-9-8-10-15-30)39-44(5,40(52)38(51)37(26)43(46,3)4)33(57-36(50)24-47(6)7)22-34-45(39,25-55-34)59-27(2)48/h8-21,32-34,38-39,41,51,54H,22-25H2,1-7H3/b20-18+/t32-,33-,34+,38+,39-,41-,44+,45-,46+/m0/s1. The van der Waals surface area contributed by atoms with Crippen LogP contribution in [0.2, 0.25) is 0 Å². The van der Waals surface area contributed by atoms with Crippen LogP contribution in [0, 0.1) is 16.7 Å². The average molecular weight is 810 g/mol. The lowest BCUT2D eigenvalue weighted by atomic mass is 9.44. The summed E-state index contributed by atoms with van der Waals surface area (Å²) in [6, 6.07) is 21.6. The Morgan fingerprint density at radius 3 is 2.25 bits per heavy atom. The molecule has 3 aromatic rings. The predicted molar refractivity (Wildman–Crippen MR) is 214 cm³/mol. The van der Waals surface area contributed by atoms with Crippen LogP contribution in [-0.2, 0) is 42.9 Å². The molecule has 0 amide bonds. The lowest BCUT2D eigenvalue weighted by Gasteiger charge is -2.67. The lowest BCUT2D eigenvalue weighted by molar-refractivity contribution is -0.346. The summed E-state index contributed by atoms with van der Waals surface area (Å²) in [7, 11) is 3.35. The van der Waals surface area contributed by atoms with E-state index >= 15 is 4.79 Å². The third-order valence-corrected chi connectivity index (χ3v) is 13.1. The van der Waals surface area contributed by atoms with Gasteiger partial charge >= 0.3 is 23.9 Å². The number of likely N-dealkylation sites (N-methyl/N-ethyl adjacent to an activating group) is 1. The number of ketones is 1. The van der Waals surface area contributed by atoms with Crippen LogP contribution in [0.5, 0.6) is 0 Å². The van der Waals surface area contributed by atoms with E-state index in [-0.39, 0.29) is 37.1 Å². The van der Waals surface area contributed by atoms with E-state index in [9.17, 15) is 29.4 Å². The van der Waals surface area contributed by atoms with Crippen LogP contribution in [0.1, 0.15) is 63.4 Å². The monoisotopic (exact) mass is 809 g/mol. The molecule has 2 bridgehead atoms. The van der Waals surface area contributed by atoms with E-state index < -0.39 is 88.1 Å². The highest BCUT2D eigenvalue weighted by molar-refractivity contribution is 5.95. The van der Waals surface area contributed by atoms with Crippen LogP contribution in [0.25, 0.3) is 16.8 Å². The highest BCUT2D eigenvalue weighted by Crippen LogP contribution is 2.64. The van der Waals surface area contributed by atoms with Gasteiger partial charge in [-0.15, -0.1) is 0 Å². The first-order chi connectivity index (χ1) is 27.8. The molecule has 59 heavy (non-hydrogen) atoms. The van der Waals surface area contributed by atoms with Gasteiger partial charge in [0.1, 0.15) is 36.1 Å². The first-order valence-electron chi connectivity index (χ1n) is 19.8. The summed E-state index contributed by atoms with van der Waals surface area (Å²) in [6.45, 7) is 7.14. The van der Waals surface area contributed by atoms with E-state index in [1.165, 1.54) is 32.1 Å². The normalized spacial score (nSPS) is 32.3. The molecule has 3 aliphatic carbocycles. The molecule has 3 aromatic carbocycles. The Bertz CT molecular complexity index is 2250. The molecule has 1 aliphatic heterocycles. The van der Waals surface area contributed by atoms with Crippen molar-refractivity contribution in [1.82, 2.24) is 4.90 Å². The van der Waals surface area contributed by atoms with E-state index in [0.717, 1.165) is 16.3 Å². The summed E-state index contributed by atoms with van der Waals surface area (Å²) in [5.74, 6) is -5.33. The molecule has 2 saturated carbocycles. The fourth-order valence-electron chi connectivity index (χ4n) is 10.0. The number of carbonyl (C=O) groups excluding carboxylic acids is 5. The predicted octanol–water partition coefficient (Wildman–Crippen LogP) is 4.61. The topological polar surface area (TPSA) is 175 Å². The van der Waals surface area contributed by atoms with Gasteiger partial charge in [-0.2, -0.15) is 0 Å². The Hall–Kier alpha value is -5.21. The van der Waals surface area contributed by atoms with Crippen LogP contribution in [0.15, 0.2) is 90.0 Å². The molecule has 9 atom stereocenters. The highest BCUT2D eigenvalue weighted by Gasteiger charge is 2.78. The number of Topliss-reactive ketones (excluding diaryl/α,β-unsaturated/α-hetero) is 1. The van der Waals surface area contributed by atoms with E-state index in [1.807, 2.05) is 42.5 Å². The third-order valence-electron chi connectivity index (χ3n) is 13.1. The average Bonchev–Trinajstić information content (AvgIpc) is 3.18. The zero-order valence-electron chi connectivity index (χ0n) is 34.3. The van der Waals surface area contributed by atoms with Gasteiger partial charge in [0, 0.05) is 31.3 Å². The Kier molecular flexibility index (Phi) is 11.0. The second-order valence-electron chi connectivity index (χ2n) is 17.2. The van der Waals surface area contributed by atoms with Crippen LogP contribution >= 0.6 is 0 Å². The van der Waals surface area contributed by atoms with Gasteiger partial charge in [0.05, 0.1) is 30.0 Å². The van der Waals surface area contributed by atoms with E-state index in [4.69, 9.17) is 23.7 Å². The number of carbonyl (C=O) groups is 5. The number of benzene rings is 3. The molecule has 3 fully saturated rings. The van der Waals surface area contributed by atoms with E-state index in [2.05, 4.69) is 0 Å². The van der Waals surface area contributed by atoms with Crippen molar-refractivity contribution in [2.45, 2.75) is 89.2 Å². The molecule has 7 rings (SSSR count). The summed E-state index contributed by atoms with van der Waals surface area (Å²) in [5.41, 5.74) is -6.21. The van der Waals surface area contributed by atoms with Crippen molar-refractivity contribution >= 4 is 46.5 Å². The fourth-order valence-corrected chi connectivity index (χ4v) is 10.0. The van der Waals surface area contributed by atoms with Crippen molar-refractivity contribution in [3.8, 4) is 0 Å². The maximum absolute atomic E-state index is 15.4. The molecule has 13 heteroatoms. The second kappa shape index (κ2) is 15.4. The zero-order chi connectivity index (χ0) is 42.7. The molecule has 13 nitrogen and oxygen atoms in total. The second-order valence-corrected chi connectivity index (χ2v) is 17.2. The quantitative estimate of drug-likeness (QED) is 0.133. The number of hydrogen-bond donors (Lipinski definition) is 2. The van der Waals surface area contributed by atoms with Gasteiger partial charge in [0.2, 0.25) is 0 Å². The number of hydrogen-bond acceptors (Lipinski definition) is 13. The lowest BCUT2D eigenvalue weighted by Crippen LogP contribution is -2.82. The van der Waals surface area contributed by atoms with Gasteiger partial charge in [-0.25, -0.2) is 9.59 Å². The van der Waals surface area contributed by atoms with Gasteiger partial charge in [-0.05, 0) is 79.7 Å². The Labute approximate surface area is 342 Å².